The van der Waals surface area contributed by atoms with Crippen LogP contribution in [0, 0.1) is 19.3 Å². The lowest BCUT2D eigenvalue weighted by Crippen LogP contribution is -2.46. The molecule has 0 aliphatic rings. The number of benzene rings is 1. The third kappa shape index (κ3) is 2.13. The zero-order valence-electron chi connectivity index (χ0n) is 11.0. The Bertz CT molecular complexity index is 379. The molecular formula is C14H23NO. The van der Waals surface area contributed by atoms with E-state index in [4.69, 9.17) is 5.73 Å². The number of aliphatic hydroxyl groups is 1. The Morgan fingerprint density at radius 3 is 2.19 bits per heavy atom. The van der Waals surface area contributed by atoms with E-state index in [-0.39, 0.29) is 12.0 Å². The summed E-state index contributed by atoms with van der Waals surface area (Å²) in [5, 5.41) is 10.8. The first-order chi connectivity index (χ1) is 7.22. The van der Waals surface area contributed by atoms with Gasteiger partial charge < -0.3 is 10.8 Å². The molecule has 16 heavy (non-hydrogen) atoms. The Kier molecular flexibility index (Phi) is 3.46. The number of aryl methyl sites for hydroxylation is 2. The molecule has 0 aliphatic heterocycles. The Labute approximate surface area is 98.5 Å². The highest BCUT2D eigenvalue weighted by atomic mass is 16.3. The van der Waals surface area contributed by atoms with E-state index >= 15 is 0 Å². The van der Waals surface area contributed by atoms with Crippen LogP contribution in [-0.2, 0) is 5.60 Å². The maximum Gasteiger partial charge on any atom is 0.107 e. The third-order valence-electron chi connectivity index (χ3n) is 3.37. The van der Waals surface area contributed by atoms with Gasteiger partial charge in [0.15, 0.2) is 0 Å². The highest BCUT2D eigenvalue weighted by Crippen LogP contribution is 2.40. The van der Waals surface area contributed by atoms with Crippen LogP contribution >= 0.6 is 0 Å². The third-order valence-corrected chi connectivity index (χ3v) is 3.37. The second-order valence-electron chi connectivity index (χ2n) is 5.63. The second-order valence-corrected chi connectivity index (χ2v) is 5.63. The second kappa shape index (κ2) is 4.19. The van der Waals surface area contributed by atoms with Gasteiger partial charge in [-0.3, -0.25) is 0 Å². The fourth-order valence-corrected chi connectivity index (χ4v) is 2.00. The van der Waals surface area contributed by atoms with E-state index in [9.17, 15) is 5.11 Å². The summed E-state index contributed by atoms with van der Waals surface area (Å²) in [7, 11) is 0. The van der Waals surface area contributed by atoms with Crippen LogP contribution in [0.2, 0.25) is 0 Å². The van der Waals surface area contributed by atoms with Gasteiger partial charge in [-0.1, -0.05) is 44.5 Å². The molecule has 2 heteroatoms. The van der Waals surface area contributed by atoms with Crippen molar-refractivity contribution in [3.8, 4) is 0 Å². The minimum atomic E-state index is -0.969. The average molecular weight is 221 g/mol. The van der Waals surface area contributed by atoms with Gasteiger partial charge in [-0.25, -0.2) is 0 Å². The predicted octanol–water partition coefficient (Wildman–Crippen LogP) is 2.50. The fraction of sp³-hybridized carbons (Fsp3) is 0.571. The maximum absolute atomic E-state index is 10.8. The number of rotatable bonds is 2. The molecule has 0 spiro atoms. The molecule has 0 aliphatic carbocycles. The minimum absolute atomic E-state index is 0.237. The van der Waals surface area contributed by atoms with E-state index in [0.29, 0.717) is 0 Å². The quantitative estimate of drug-likeness (QED) is 0.806. The Morgan fingerprint density at radius 1 is 1.19 bits per heavy atom. The van der Waals surface area contributed by atoms with Crippen molar-refractivity contribution in [3.63, 3.8) is 0 Å². The van der Waals surface area contributed by atoms with Crippen molar-refractivity contribution in [3.05, 3.63) is 34.9 Å². The largest absolute Gasteiger partial charge is 0.383 e. The molecule has 1 aromatic carbocycles. The monoisotopic (exact) mass is 221 g/mol. The fourth-order valence-electron chi connectivity index (χ4n) is 2.00. The van der Waals surface area contributed by atoms with E-state index in [1.165, 1.54) is 0 Å². The summed E-state index contributed by atoms with van der Waals surface area (Å²) in [5.74, 6) is 0. The standard InChI is InChI=1S/C14H23NO/c1-10-6-7-11(2)12(8-10)14(16,9-15)13(3,4)5/h6-8,16H,9,15H2,1-5H3. The van der Waals surface area contributed by atoms with Crippen LogP contribution in [0.3, 0.4) is 0 Å². The van der Waals surface area contributed by atoms with Crippen molar-refractivity contribution < 1.29 is 5.11 Å². The molecule has 3 N–H and O–H groups in total. The summed E-state index contributed by atoms with van der Waals surface area (Å²) in [6.45, 7) is 10.3. The lowest BCUT2D eigenvalue weighted by atomic mass is 9.71. The van der Waals surface area contributed by atoms with E-state index in [0.717, 1.165) is 16.7 Å². The molecule has 2 nitrogen and oxygen atoms in total. The van der Waals surface area contributed by atoms with Gasteiger partial charge >= 0.3 is 0 Å². The molecule has 0 amide bonds. The van der Waals surface area contributed by atoms with Crippen molar-refractivity contribution in [1.29, 1.82) is 0 Å². The average Bonchev–Trinajstić information content (AvgIpc) is 2.19. The molecule has 0 radical (unpaired) electrons. The topological polar surface area (TPSA) is 46.2 Å². The summed E-state index contributed by atoms with van der Waals surface area (Å²) in [6.07, 6.45) is 0. The SMILES string of the molecule is Cc1ccc(C)c(C(O)(CN)C(C)(C)C)c1. The van der Waals surface area contributed by atoms with Gasteiger partial charge in [-0.05, 0) is 30.4 Å². The maximum atomic E-state index is 10.8. The van der Waals surface area contributed by atoms with Crippen molar-refractivity contribution >= 4 is 0 Å². The normalized spacial score (nSPS) is 15.9. The number of nitrogens with two attached hydrogens (primary N) is 1. The lowest BCUT2D eigenvalue weighted by molar-refractivity contribution is -0.0562. The van der Waals surface area contributed by atoms with Crippen molar-refractivity contribution in [1.82, 2.24) is 0 Å². The van der Waals surface area contributed by atoms with Gasteiger partial charge in [-0.15, -0.1) is 0 Å². The highest BCUT2D eigenvalue weighted by molar-refractivity contribution is 5.36. The molecule has 1 unspecified atom stereocenters. The Balaban J connectivity index is 3.39. The molecule has 0 heterocycles. The number of hydrogen-bond acceptors (Lipinski definition) is 2. The summed E-state index contributed by atoms with van der Waals surface area (Å²) in [6, 6.07) is 6.13. The van der Waals surface area contributed by atoms with Crippen LogP contribution in [0.15, 0.2) is 18.2 Å². The molecule has 0 bridgehead atoms. The summed E-state index contributed by atoms with van der Waals surface area (Å²) < 4.78 is 0. The Hall–Kier alpha value is -0.860. The smallest absolute Gasteiger partial charge is 0.107 e. The molecule has 0 fully saturated rings. The van der Waals surface area contributed by atoms with E-state index in [1.54, 1.807) is 0 Å². The van der Waals surface area contributed by atoms with Crippen LogP contribution in [0.25, 0.3) is 0 Å². The van der Waals surface area contributed by atoms with Crippen molar-refractivity contribution in [2.45, 2.75) is 40.2 Å². The van der Waals surface area contributed by atoms with Gasteiger partial charge in [-0.2, -0.15) is 0 Å². The summed E-state index contributed by atoms with van der Waals surface area (Å²) >= 11 is 0. The molecule has 0 aromatic heterocycles. The molecule has 90 valence electrons. The van der Waals surface area contributed by atoms with Crippen LogP contribution in [0.1, 0.15) is 37.5 Å². The minimum Gasteiger partial charge on any atom is -0.383 e. The van der Waals surface area contributed by atoms with E-state index in [1.807, 2.05) is 46.8 Å². The number of hydrogen-bond donors (Lipinski definition) is 2. The van der Waals surface area contributed by atoms with Crippen LogP contribution in [-0.4, -0.2) is 11.7 Å². The molecule has 0 saturated heterocycles. The zero-order valence-corrected chi connectivity index (χ0v) is 11.0. The van der Waals surface area contributed by atoms with Gasteiger partial charge in [0.2, 0.25) is 0 Å². The Morgan fingerprint density at radius 2 is 1.75 bits per heavy atom. The first-order valence-electron chi connectivity index (χ1n) is 5.72. The van der Waals surface area contributed by atoms with E-state index in [2.05, 4.69) is 6.07 Å². The molecule has 1 atom stereocenters. The van der Waals surface area contributed by atoms with Gasteiger partial charge in [0.25, 0.3) is 0 Å². The van der Waals surface area contributed by atoms with Crippen LogP contribution in [0.4, 0.5) is 0 Å². The summed E-state index contributed by atoms with van der Waals surface area (Å²) in [4.78, 5) is 0. The van der Waals surface area contributed by atoms with Gasteiger partial charge in [0.05, 0.1) is 0 Å². The van der Waals surface area contributed by atoms with Crippen LogP contribution < -0.4 is 5.73 Å². The van der Waals surface area contributed by atoms with Gasteiger partial charge in [0, 0.05) is 6.54 Å². The molecule has 1 aromatic rings. The van der Waals surface area contributed by atoms with Crippen molar-refractivity contribution in [2.75, 3.05) is 6.54 Å². The predicted molar refractivity (Wildman–Crippen MR) is 68.3 cm³/mol. The highest BCUT2D eigenvalue weighted by Gasteiger charge is 2.41. The first kappa shape index (κ1) is 13.2. The van der Waals surface area contributed by atoms with Crippen molar-refractivity contribution in [2.24, 2.45) is 11.1 Å². The van der Waals surface area contributed by atoms with Crippen LogP contribution in [0.5, 0.6) is 0 Å². The molecular weight excluding hydrogens is 198 g/mol. The zero-order chi connectivity index (χ0) is 12.6. The molecule has 0 saturated carbocycles. The first-order valence-corrected chi connectivity index (χ1v) is 5.72. The lowest BCUT2D eigenvalue weighted by Gasteiger charge is -2.41. The van der Waals surface area contributed by atoms with E-state index < -0.39 is 5.60 Å². The molecule has 1 rings (SSSR count). The summed E-state index contributed by atoms with van der Waals surface area (Å²) in [5.41, 5.74) is 7.74. The van der Waals surface area contributed by atoms with Gasteiger partial charge in [0.1, 0.15) is 5.60 Å².